The van der Waals surface area contributed by atoms with Gasteiger partial charge in [-0.25, -0.2) is 4.79 Å². The lowest BCUT2D eigenvalue weighted by Crippen LogP contribution is -2.11. The first-order chi connectivity index (χ1) is 9.65. The van der Waals surface area contributed by atoms with Gasteiger partial charge in [0.25, 0.3) is 0 Å². The second-order valence-electron chi connectivity index (χ2n) is 4.33. The van der Waals surface area contributed by atoms with Crippen LogP contribution in [0.15, 0.2) is 36.5 Å². The highest BCUT2D eigenvalue weighted by Gasteiger charge is 2.14. The number of aromatic nitrogens is 1. The van der Waals surface area contributed by atoms with Crippen LogP contribution in [0.4, 0.5) is 5.69 Å². The Hall–Kier alpha value is -2.43. The van der Waals surface area contributed by atoms with E-state index in [2.05, 4.69) is 0 Å². The number of ether oxygens (including phenoxy) is 2. The third-order valence-electron chi connectivity index (χ3n) is 3.02. The summed E-state index contributed by atoms with van der Waals surface area (Å²) in [5.74, 6) is 0.306. The molecule has 2 rings (SSSR count). The number of carbonyl (C=O) groups is 1. The van der Waals surface area contributed by atoms with Crippen molar-refractivity contribution in [3.63, 3.8) is 0 Å². The number of nitrogens with two attached hydrogens (primary N) is 1. The number of carbonyl (C=O) groups excluding carboxylic acids is 1. The first-order valence-corrected chi connectivity index (χ1v) is 6.40. The Balaban J connectivity index is 2.08. The highest BCUT2D eigenvalue weighted by molar-refractivity contribution is 5.89. The van der Waals surface area contributed by atoms with Gasteiger partial charge in [-0.3, -0.25) is 0 Å². The first kappa shape index (κ1) is 14.0. The molecule has 106 valence electrons. The summed E-state index contributed by atoms with van der Waals surface area (Å²) < 4.78 is 12.3. The van der Waals surface area contributed by atoms with Crippen molar-refractivity contribution in [1.82, 2.24) is 4.57 Å². The van der Waals surface area contributed by atoms with E-state index in [1.54, 1.807) is 23.9 Å². The van der Waals surface area contributed by atoms with E-state index in [4.69, 9.17) is 15.2 Å². The number of nitrogens with zero attached hydrogens (tertiary/aromatic N) is 1. The van der Waals surface area contributed by atoms with E-state index < -0.39 is 5.97 Å². The van der Waals surface area contributed by atoms with Crippen LogP contribution in [0.25, 0.3) is 0 Å². The Bertz CT molecular complexity index is 605. The molecule has 1 aromatic heterocycles. The van der Waals surface area contributed by atoms with Gasteiger partial charge in [0.1, 0.15) is 18.1 Å². The molecule has 0 spiro atoms. The van der Waals surface area contributed by atoms with Gasteiger partial charge in [-0.1, -0.05) is 18.2 Å². The molecule has 0 unspecified atom stereocenters. The molecule has 2 N–H and O–H groups in total. The van der Waals surface area contributed by atoms with E-state index in [-0.39, 0.29) is 6.61 Å². The standard InChI is InChI=1S/C15H18N2O3/c1-3-17-9-12(16)8-13(17)15(18)20-10-11-6-4-5-7-14(11)19-2/h4-9H,3,10,16H2,1-2H3. The van der Waals surface area contributed by atoms with Crippen molar-refractivity contribution in [3.05, 3.63) is 47.8 Å². The van der Waals surface area contributed by atoms with Gasteiger partial charge < -0.3 is 19.8 Å². The molecule has 1 aromatic carbocycles. The predicted molar refractivity (Wildman–Crippen MR) is 76.6 cm³/mol. The highest BCUT2D eigenvalue weighted by Crippen LogP contribution is 2.19. The number of hydrogen-bond acceptors (Lipinski definition) is 4. The zero-order valence-corrected chi connectivity index (χ0v) is 11.6. The Labute approximate surface area is 117 Å². The van der Waals surface area contributed by atoms with Crippen molar-refractivity contribution < 1.29 is 14.3 Å². The summed E-state index contributed by atoms with van der Waals surface area (Å²) in [6, 6.07) is 9.05. The number of benzene rings is 1. The number of hydrogen-bond donors (Lipinski definition) is 1. The Morgan fingerprint density at radius 3 is 2.80 bits per heavy atom. The van der Waals surface area contributed by atoms with E-state index in [1.165, 1.54) is 0 Å². The molecule has 0 aliphatic carbocycles. The summed E-state index contributed by atoms with van der Waals surface area (Å²) in [5.41, 5.74) is 7.53. The Morgan fingerprint density at radius 2 is 2.10 bits per heavy atom. The molecule has 1 heterocycles. The number of aryl methyl sites for hydroxylation is 1. The minimum Gasteiger partial charge on any atom is -0.496 e. The molecule has 2 aromatic rings. The zero-order chi connectivity index (χ0) is 14.5. The minimum atomic E-state index is -0.394. The van der Waals surface area contributed by atoms with Crippen LogP contribution in [0.3, 0.4) is 0 Å². The van der Waals surface area contributed by atoms with Crippen molar-refractivity contribution in [1.29, 1.82) is 0 Å². The molecule has 0 aliphatic rings. The summed E-state index contributed by atoms with van der Waals surface area (Å²) >= 11 is 0. The van der Waals surface area contributed by atoms with E-state index in [9.17, 15) is 4.79 Å². The van der Waals surface area contributed by atoms with Crippen molar-refractivity contribution in [3.8, 4) is 5.75 Å². The van der Waals surface area contributed by atoms with Gasteiger partial charge in [-0.2, -0.15) is 0 Å². The molecule has 0 saturated carbocycles. The fourth-order valence-electron chi connectivity index (χ4n) is 2.00. The molecule has 0 amide bonds. The Morgan fingerprint density at radius 1 is 1.35 bits per heavy atom. The van der Waals surface area contributed by atoms with E-state index in [0.717, 1.165) is 5.56 Å². The molecule has 0 fully saturated rings. The lowest BCUT2D eigenvalue weighted by atomic mass is 10.2. The Kier molecular flexibility index (Phi) is 4.30. The van der Waals surface area contributed by atoms with Crippen molar-refractivity contribution in [2.45, 2.75) is 20.1 Å². The predicted octanol–water partition coefficient (Wildman–Crippen LogP) is 2.46. The summed E-state index contributed by atoms with van der Waals surface area (Å²) in [4.78, 5) is 12.1. The van der Waals surface area contributed by atoms with Crippen LogP contribution in [0, 0.1) is 0 Å². The summed E-state index contributed by atoms with van der Waals surface area (Å²) in [5, 5.41) is 0. The van der Waals surface area contributed by atoms with Crippen molar-refractivity contribution in [2.24, 2.45) is 0 Å². The van der Waals surface area contributed by atoms with Crippen LogP contribution in [0.2, 0.25) is 0 Å². The fourth-order valence-corrected chi connectivity index (χ4v) is 2.00. The van der Waals surface area contributed by atoms with E-state index >= 15 is 0 Å². The maximum absolute atomic E-state index is 12.1. The molecule has 0 saturated heterocycles. The average molecular weight is 274 g/mol. The van der Waals surface area contributed by atoms with Gasteiger partial charge >= 0.3 is 5.97 Å². The molecular formula is C15H18N2O3. The van der Waals surface area contributed by atoms with Crippen molar-refractivity contribution >= 4 is 11.7 Å². The molecule has 0 bridgehead atoms. The van der Waals surface area contributed by atoms with Gasteiger partial charge in [-0.05, 0) is 19.1 Å². The van der Waals surface area contributed by atoms with Gasteiger partial charge in [0.05, 0.1) is 12.8 Å². The van der Waals surface area contributed by atoms with Crippen LogP contribution >= 0.6 is 0 Å². The summed E-state index contributed by atoms with van der Waals surface area (Å²) in [7, 11) is 1.59. The van der Waals surface area contributed by atoms with Crippen LogP contribution in [0.5, 0.6) is 5.75 Å². The van der Waals surface area contributed by atoms with Gasteiger partial charge in [0, 0.05) is 18.3 Å². The average Bonchev–Trinajstić information content (AvgIpc) is 2.86. The quantitative estimate of drug-likeness (QED) is 0.850. The van der Waals surface area contributed by atoms with Crippen LogP contribution in [-0.4, -0.2) is 17.6 Å². The summed E-state index contributed by atoms with van der Waals surface area (Å²) in [6.45, 7) is 2.77. The first-order valence-electron chi connectivity index (χ1n) is 6.40. The highest BCUT2D eigenvalue weighted by atomic mass is 16.5. The van der Waals surface area contributed by atoms with E-state index in [0.29, 0.717) is 23.7 Å². The molecule has 5 nitrogen and oxygen atoms in total. The van der Waals surface area contributed by atoms with Crippen LogP contribution in [0.1, 0.15) is 23.0 Å². The third kappa shape index (κ3) is 2.93. The smallest absolute Gasteiger partial charge is 0.355 e. The number of rotatable bonds is 5. The number of anilines is 1. The maximum atomic E-state index is 12.1. The molecular weight excluding hydrogens is 256 g/mol. The minimum absolute atomic E-state index is 0.164. The van der Waals surface area contributed by atoms with E-state index in [1.807, 2.05) is 31.2 Å². The van der Waals surface area contributed by atoms with Gasteiger partial charge in [0.15, 0.2) is 0 Å². The lowest BCUT2D eigenvalue weighted by molar-refractivity contribution is 0.0457. The third-order valence-corrected chi connectivity index (χ3v) is 3.02. The molecule has 5 heteroatoms. The number of methoxy groups -OCH3 is 1. The lowest BCUT2D eigenvalue weighted by Gasteiger charge is -2.10. The second kappa shape index (κ2) is 6.14. The fraction of sp³-hybridized carbons (Fsp3) is 0.267. The van der Waals surface area contributed by atoms with Crippen molar-refractivity contribution in [2.75, 3.05) is 12.8 Å². The van der Waals surface area contributed by atoms with Gasteiger partial charge in [-0.15, -0.1) is 0 Å². The molecule has 0 aliphatic heterocycles. The molecule has 0 radical (unpaired) electrons. The SMILES string of the molecule is CCn1cc(N)cc1C(=O)OCc1ccccc1OC. The van der Waals surface area contributed by atoms with Crippen LogP contribution < -0.4 is 10.5 Å². The topological polar surface area (TPSA) is 66.5 Å². The largest absolute Gasteiger partial charge is 0.496 e. The monoisotopic (exact) mass is 274 g/mol. The van der Waals surface area contributed by atoms with Crippen LogP contribution in [-0.2, 0) is 17.9 Å². The number of esters is 1. The molecule has 0 atom stereocenters. The number of nitrogen functional groups attached to an aromatic ring is 1. The second-order valence-corrected chi connectivity index (χ2v) is 4.33. The normalized spacial score (nSPS) is 10.3. The number of para-hydroxylation sites is 1. The van der Waals surface area contributed by atoms with Gasteiger partial charge in [0.2, 0.25) is 0 Å². The zero-order valence-electron chi connectivity index (χ0n) is 11.6. The maximum Gasteiger partial charge on any atom is 0.355 e. The molecule has 20 heavy (non-hydrogen) atoms. The summed E-state index contributed by atoms with van der Waals surface area (Å²) in [6.07, 6.45) is 1.72.